The Hall–Kier alpha value is -1.51. The van der Waals surface area contributed by atoms with Crippen LogP contribution in [-0.4, -0.2) is 47.5 Å². The van der Waals surface area contributed by atoms with Crippen molar-refractivity contribution in [3.8, 4) is 0 Å². The Bertz CT molecular complexity index is 409. The molecular formula is C11H16N2O5S. The Morgan fingerprint density at radius 3 is 2.79 bits per heavy atom. The Kier molecular flexibility index (Phi) is 6.40. The van der Waals surface area contributed by atoms with Crippen molar-refractivity contribution in [2.75, 3.05) is 13.2 Å². The molecule has 0 amide bonds. The summed E-state index contributed by atoms with van der Waals surface area (Å²) < 4.78 is 9.51. The van der Waals surface area contributed by atoms with Crippen molar-refractivity contribution in [2.45, 2.75) is 26.1 Å². The number of hydrogen-bond donors (Lipinski definition) is 2. The van der Waals surface area contributed by atoms with Gasteiger partial charge in [-0.1, -0.05) is 0 Å². The smallest absolute Gasteiger partial charge is 0.350 e. The van der Waals surface area contributed by atoms with Crippen LogP contribution in [0.2, 0.25) is 0 Å². The van der Waals surface area contributed by atoms with Gasteiger partial charge in [-0.3, -0.25) is 15.1 Å². The molecule has 1 aromatic heterocycles. The molecule has 0 radical (unpaired) electrons. The highest BCUT2D eigenvalue weighted by Gasteiger charge is 2.34. The molecule has 2 rings (SSSR count). The van der Waals surface area contributed by atoms with E-state index in [0.717, 1.165) is 5.01 Å². The van der Waals surface area contributed by atoms with Gasteiger partial charge in [-0.25, -0.2) is 4.79 Å². The molecular weight excluding hydrogens is 272 g/mol. The van der Waals surface area contributed by atoms with Crippen LogP contribution in [0.3, 0.4) is 0 Å². The van der Waals surface area contributed by atoms with Crippen LogP contribution in [-0.2, 0) is 19.1 Å². The van der Waals surface area contributed by atoms with Gasteiger partial charge in [0.15, 0.2) is 0 Å². The van der Waals surface area contributed by atoms with E-state index in [1.54, 1.807) is 24.5 Å². The first-order valence-corrected chi connectivity index (χ1v) is 6.55. The number of carboxylic acid groups (broad SMARTS) is 1. The second-order valence-electron chi connectivity index (χ2n) is 3.57. The average molecular weight is 288 g/mol. The first-order chi connectivity index (χ1) is 9.04. The topological polar surface area (TPSA) is 97.8 Å². The normalized spacial score (nSPS) is 21.4. The lowest BCUT2D eigenvalue weighted by Crippen LogP contribution is -2.41. The van der Waals surface area contributed by atoms with E-state index in [9.17, 15) is 9.59 Å². The molecule has 8 heteroatoms. The molecule has 7 nitrogen and oxygen atoms in total. The van der Waals surface area contributed by atoms with Crippen LogP contribution in [0.4, 0.5) is 0 Å². The maximum Gasteiger partial charge on any atom is 0.350 e. The van der Waals surface area contributed by atoms with Gasteiger partial charge >= 0.3 is 11.9 Å². The molecule has 0 bridgehead atoms. The summed E-state index contributed by atoms with van der Waals surface area (Å²) in [7, 11) is 0. The third-order valence-corrected chi connectivity index (χ3v) is 2.84. The van der Waals surface area contributed by atoms with Crippen molar-refractivity contribution in [2.24, 2.45) is 0 Å². The van der Waals surface area contributed by atoms with Crippen molar-refractivity contribution in [1.82, 2.24) is 10.3 Å². The number of nitrogens with zero attached hydrogens (tertiary/aromatic N) is 1. The second kappa shape index (κ2) is 7.82. The predicted octanol–water partition coefficient (Wildman–Crippen LogP) is 0.400. The minimum absolute atomic E-state index is 0.0151. The highest BCUT2D eigenvalue weighted by atomic mass is 32.1. The minimum atomic E-state index is -1.04. The zero-order valence-electron chi connectivity index (χ0n) is 10.7. The van der Waals surface area contributed by atoms with Crippen LogP contribution < -0.4 is 5.32 Å². The van der Waals surface area contributed by atoms with Crippen molar-refractivity contribution < 1.29 is 24.2 Å². The van der Waals surface area contributed by atoms with Crippen LogP contribution in [0.25, 0.3) is 0 Å². The lowest BCUT2D eigenvalue weighted by Gasteiger charge is -2.08. The van der Waals surface area contributed by atoms with Gasteiger partial charge in [0.25, 0.3) is 0 Å². The van der Waals surface area contributed by atoms with Gasteiger partial charge in [0.05, 0.1) is 18.2 Å². The van der Waals surface area contributed by atoms with Gasteiger partial charge in [0.2, 0.25) is 6.23 Å². The zero-order valence-corrected chi connectivity index (χ0v) is 11.5. The standard InChI is InChI=1S/C7H11NO5.C4H5NS/c1-2-12-7(11)5-8-4(3-13-5)6(9)10;1-4-5-2-3-6-4/h4-5,8H,2-3H2,1H3,(H,9,10);2-3H,1H3. The number of nitrogens with one attached hydrogen (secondary N) is 1. The highest BCUT2D eigenvalue weighted by molar-refractivity contribution is 7.09. The Morgan fingerprint density at radius 2 is 2.42 bits per heavy atom. The highest BCUT2D eigenvalue weighted by Crippen LogP contribution is 2.04. The van der Waals surface area contributed by atoms with Gasteiger partial charge in [0, 0.05) is 11.6 Å². The predicted molar refractivity (Wildman–Crippen MR) is 67.8 cm³/mol. The number of aryl methyl sites for hydroxylation is 1. The largest absolute Gasteiger partial charge is 0.480 e. The second-order valence-corrected chi connectivity index (χ2v) is 4.67. The zero-order chi connectivity index (χ0) is 14.3. The Labute approximate surface area is 114 Å². The first-order valence-electron chi connectivity index (χ1n) is 5.67. The van der Waals surface area contributed by atoms with E-state index in [2.05, 4.69) is 15.0 Å². The van der Waals surface area contributed by atoms with Gasteiger partial charge in [-0.2, -0.15) is 0 Å². The summed E-state index contributed by atoms with van der Waals surface area (Å²) in [5, 5.41) is 14.1. The van der Waals surface area contributed by atoms with E-state index >= 15 is 0 Å². The molecule has 19 heavy (non-hydrogen) atoms. The number of ether oxygens (including phenoxy) is 2. The lowest BCUT2D eigenvalue weighted by molar-refractivity contribution is -0.154. The number of carbonyl (C=O) groups excluding carboxylic acids is 1. The molecule has 0 spiro atoms. The van der Waals surface area contributed by atoms with Gasteiger partial charge in [-0.15, -0.1) is 11.3 Å². The molecule has 1 aliphatic rings. The third kappa shape index (κ3) is 5.33. The first kappa shape index (κ1) is 15.5. The summed E-state index contributed by atoms with van der Waals surface area (Å²) in [5.41, 5.74) is 0. The molecule has 2 atom stereocenters. The summed E-state index contributed by atoms with van der Waals surface area (Å²) in [6.07, 6.45) is 0.862. The molecule has 1 fully saturated rings. The van der Waals surface area contributed by atoms with E-state index in [0.29, 0.717) is 0 Å². The molecule has 1 aliphatic heterocycles. The van der Waals surface area contributed by atoms with Crippen molar-refractivity contribution in [1.29, 1.82) is 0 Å². The summed E-state index contributed by atoms with van der Waals surface area (Å²) in [4.78, 5) is 25.4. The van der Waals surface area contributed by atoms with Crippen molar-refractivity contribution in [3.05, 3.63) is 16.6 Å². The van der Waals surface area contributed by atoms with E-state index in [1.807, 2.05) is 12.3 Å². The lowest BCUT2D eigenvalue weighted by atomic mass is 10.3. The Morgan fingerprint density at radius 1 is 1.68 bits per heavy atom. The number of thiazole rings is 1. The molecule has 2 unspecified atom stereocenters. The molecule has 0 aliphatic carbocycles. The number of hydrogen-bond acceptors (Lipinski definition) is 7. The van der Waals surface area contributed by atoms with Gasteiger partial charge in [-0.05, 0) is 13.8 Å². The maximum absolute atomic E-state index is 11.0. The summed E-state index contributed by atoms with van der Waals surface area (Å²) in [5.74, 6) is -1.61. The van der Waals surface area contributed by atoms with E-state index in [4.69, 9.17) is 9.84 Å². The molecule has 0 aromatic carbocycles. The van der Waals surface area contributed by atoms with Crippen LogP contribution in [0, 0.1) is 6.92 Å². The van der Waals surface area contributed by atoms with Crippen molar-refractivity contribution >= 4 is 23.3 Å². The van der Waals surface area contributed by atoms with Crippen LogP contribution in [0.1, 0.15) is 11.9 Å². The molecule has 0 saturated carbocycles. The fourth-order valence-electron chi connectivity index (χ4n) is 1.26. The fourth-order valence-corrected chi connectivity index (χ4v) is 1.70. The maximum atomic E-state index is 11.0. The fraction of sp³-hybridized carbons (Fsp3) is 0.545. The molecule has 2 N–H and O–H groups in total. The monoisotopic (exact) mass is 288 g/mol. The van der Waals surface area contributed by atoms with Crippen LogP contribution in [0.15, 0.2) is 11.6 Å². The summed E-state index contributed by atoms with van der Waals surface area (Å²) in [6.45, 7) is 3.89. The average Bonchev–Trinajstić information content (AvgIpc) is 3.00. The molecule has 1 aromatic rings. The molecule has 106 valence electrons. The number of esters is 1. The SMILES string of the molecule is CCOC(=O)C1NC(C(=O)O)CO1.Cc1nccs1. The molecule has 1 saturated heterocycles. The number of carbonyl (C=O) groups is 2. The number of aromatic nitrogens is 1. The van der Waals surface area contributed by atoms with Gasteiger partial charge in [0.1, 0.15) is 6.04 Å². The quantitative estimate of drug-likeness (QED) is 0.777. The number of rotatable bonds is 3. The van der Waals surface area contributed by atoms with E-state index < -0.39 is 24.2 Å². The number of carboxylic acids is 1. The van der Waals surface area contributed by atoms with Crippen LogP contribution >= 0.6 is 11.3 Å². The Balaban J connectivity index is 0.000000250. The molecule has 2 heterocycles. The third-order valence-electron chi connectivity index (χ3n) is 2.14. The summed E-state index contributed by atoms with van der Waals surface area (Å²) >= 11 is 1.67. The summed E-state index contributed by atoms with van der Waals surface area (Å²) in [6, 6.07) is -0.825. The van der Waals surface area contributed by atoms with E-state index in [1.165, 1.54) is 0 Å². The van der Waals surface area contributed by atoms with Crippen LogP contribution in [0.5, 0.6) is 0 Å². The van der Waals surface area contributed by atoms with Gasteiger partial charge < -0.3 is 14.6 Å². The number of aliphatic carboxylic acids is 1. The van der Waals surface area contributed by atoms with Crippen molar-refractivity contribution in [3.63, 3.8) is 0 Å². The van der Waals surface area contributed by atoms with E-state index in [-0.39, 0.29) is 13.2 Å². The minimum Gasteiger partial charge on any atom is -0.480 e.